The monoisotopic (exact) mass is 575 g/mol. The molecule has 3 N–H and O–H groups in total. The number of hydrogen-bond acceptors (Lipinski definition) is 6. The van der Waals surface area contributed by atoms with Crippen molar-refractivity contribution in [3.05, 3.63) is 83.9 Å². The molecule has 0 unspecified atom stereocenters. The molecule has 2 aliphatic rings. The van der Waals surface area contributed by atoms with Gasteiger partial charge >= 0.3 is 6.03 Å². The second-order valence-electron chi connectivity index (χ2n) is 9.78. The third-order valence-corrected chi connectivity index (χ3v) is 8.37. The summed E-state index contributed by atoms with van der Waals surface area (Å²) in [5.74, 6) is -3.18. The molecule has 2 atom stereocenters. The van der Waals surface area contributed by atoms with Crippen LogP contribution >= 0.6 is 11.3 Å². The number of hydrogen-bond donors (Lipinski definition) is 2. The Balaban J connectivity index is 1.55. The van der Waals surface area contributed by atoms with Crippen LogP contribution in [0.5, 0.6) is 0 Å². The number of rotatable bonds is 5. The number of urea groups is 1. The van der Waals surface area contributed by atoms with E-state index in [-0.39, 0.29) is 35.6 Å². The SMILES string of the molecule is C=CC(=O)N1C[C@@H](O)C[C@@H](N2C(=O)N(c3cccc(-c4cccc(F)c4F)c3)c3ccnc4sc(C(N)=O)c2c34)C1. The minimum absolute atomic E-state index is 0.0225. The lowest BCUT2D eigenvalue weighted by Crippen LogP contribution is -2.58. The van der Waals surface area contributed by atoms with Gasteiger partial charge in [0.05, 0.1) is 34.6 Å². The lowest BCUT2D eigenvalue weighted by Gasteiger charge is -2.44. The quantitative estimate of drug-likeness (QED) is 0.338. The van der Waals surface area contributed by atoms with E-state index in [1.807, 2.05) is 0 Å². The molecule has 41 heavy (non-hydrogen) atoms. The molecule has 0 spiro atoms. The van der Waals surface area contributed by atoms with Crippen molar-refractivity contribution in [3.63, 3.8) is 0 Å². The first-order valence-corrected chi connectivity index (χ1v) is 13.5. The Morgan fingerprint density at radius 1 is 1.15 bits per heavy atom. The van der Waals surface area contributed by atoms with Crippen LogP contribution in [0, 0.1) is 11.6 Å². The molecule has 1 fully saturated rings. The predicted octanol–water partition coefficient (Wildman–Crippen LogP) is 4.57. The molecule has 208 valence electrons. The van der Waals surface area contributed by atoms with Crippen molar-refractivity contribution >= 4 is 56.5 Å². The maximum Gasteiger partial charge on any atom is 0.334 e. The number of likely N-dealkylation sites (tertiary alicyclic amines) is 1. The molecule has 2 aromatic carbocycles. The van der Waals surface area contributed by atoms with E-state index in [4.69, 9.17) is 5.73 Å². The molecular weight excluding hydrogens is 552 g/mol. The first-order valence-electron chi connectivity index (χ1n) is 12.7. The minimum Gasteiger partial charge on any atom is -0.391 e. The highest BCUT2D eigenvalue weighted by Gasteiger charge is 2.44. The largest absolute Gasteiger partial charge is 0.391 e. The van der Waals surface area contributed by atoms with E-state index in [1.54, 1.807) is 30.3 Å². The number of nitrogens with two attached hydrogens (primary N) is 1. The van der Waals surface area contributed by atoms with Crippen LogP contribution in [0.2, 0.25) is 0 Å². The normalized spacial score (nSPS) is 18.6. The maximum absolute atomic E-state index is 14.7. The number of carbonyl (C=O) groups excluding carboxylic acids is 3. The molecule has 0 aliphatic carbocycles. The molecule has 6 rings (SSSR count). The molecule has 9 nitrogen and oxygen atoms in total. The number of primary amides is 1. The number of benzene rings is 2. The molecule has 4 heterocycles. The number of aromatic nitrogens is 1. The summed E-state index contributed by atoms with van der Waals surface area (Å²) < 4.78 is 28.7. The summed E-state index contributed by atoms with van der Waals surface area (Å²) in [6.45, 7) is 3.65. The maximum atomic E-state index is 14.7. The van der Waals surface area contributed by atoms with E-state index in [2.05, 4.69) is 11.6 Å². The molecule has 2 aliphatic heterocycles. The highest BCUT2D eigenvalue weighted by molar-refractivity contribution is 7.21. The number of aliphatic hydroxyl groups excluding tert-OH is 1. The summed E-state index contributed by atoms with van der Waals surface area (Å²) in [5, 5.41) is 11.2. The van der Waals surface area contributed by atoms with Gasteiger partial charge in [0.25, 0.3) is 5.91 Å². The first-order chi connectivity index (χ1) is 19.7. The Bertz CT molecular complexity index is 1760. The average molecular weight is 576 g/mol. The van der Waals surface area contributed by atoms with Crippen LogP contribution in [0.4, 0.5) is 30.6 Å². The molecule has 1 saturated heterocycles. The zero-order valence-corrected chi connectivity index (χ0v) is 22.3. The van der Waals surface area contributed by atoms with Crippen LogP contribution < -0.4 is 15.5 Å². The second kappa shape index (κ2) is 10.1. The van der Waals surface area contributed by atoms with Crippen molar-refractivity contribution in [3.8, 4) is 11.1 Å². The zero-order chi connectivity index (χ0) is 29.0. The highest BCUT2D eigenvalue weighted by Crippen LogP contribution is 2.49. The fraction of sp³-hybridized carbons (Fsp3) is 0.172. The van der Waals surface area contributed by atoms with Crippen molar-refractivity contribution in [2.24, 2.45) is 5.73 Å². The molecule has 0 radical (unpaired) electrons. The molecule has 4 amide bonds. The number of β-amino-alcohol motifs (C(OH)–C–C–N with tert-alkyl or cyclic N) is 1. The number of aliphatic hydroxyl groups is 1. The van der Waals surface area contributed by atoms with Crippen molar-refractivity contribution in [2.75, 3.05) is 22.9 Å². The van der Waals surface area contributed by atoms with E-state index in [0.29, 0.717) is 27.2 Å². The smallest absolute Gasteiger partial charge is 0.334 e. The topological polar surface area (TPSA) is 120 Å². The molecule has 12 heteroatoms. The van der Waals surface area contributed by atoms with Gasteiger partial charge in [-0.15, -0.1) is 11.3 Å². The lowest BCUT2D eigenvalue weighted by atomic mass is 9.98. The number of piperidine rings is 1. The molecule has 4 aromatic rings. The molecule has 2 aromatic heterocycles. The number of halogens is 2. The summed E-state index contributed by atoms with van der Waals surface area (Å²) in [5.41, 5.74) is 7.14. The Morgan fingerprint density at radius 2 is 1.93 bits per heavy atom. The number of thiophene rings is 1. The number of nitrogens with zero attached hydrogens (tertiary/aromatic N) is 4. The summed E-state index contributed by atoms with van der Waals surface area (Å²) in [7, 11) is 0. The van der Waals surface area contributed by atoms with Gasteiger partial charge in [-0.2, -0.15) is 0 Å². The van der Waals surface area contributed by atoms with E-state index >= 15 is 0 Å². The van der Waals surface area contributed by atoms with Gasteiger partial charge in [0.2, 0.25) is 5.91 Å². The Kier molecular flexibility index (Phi) is 6.51. The predicted molar refractivity (Wildman–Crippen MR) is 151 cm³/mol. The molecule has 0 saturated carbocycles. The second-order valence-corrected chi connectivity index (χ2v) is 10.8. The summed E-state index contributed by atoms with van der Waals surface area (Å²) in [6, 6.07) is 10.6. The number of amides is 4. The minimum atomic E-state index is -1.02. The van der Waals surface area contributed by atoms with Crippen molar-refractivity contribution in [1.82, 2.24) is 9.88 Å². The van der Waals surface area contributed by atoms with E-state index in [0.717, 1.165) is 23.5 Å². The molecule has 0 bridgehead atoms. The third kappa shape index (κ3) is 4.32. The van der Waals surface area contributed by atoms with Crippen molar-refractivity contribution in [2.45, 2.75) is 18.6 Å². The Labute approximate surface area is 236 Å². The van der Waals surface area contributed by atoms with Gasteiger partial charge in [0.1, 0.15) is 9.71 Å². The Morgan fingerprint density at radius 3 is 2.68 bits per heavy atom. The van der Waals surface area contributed by atoms with Crippen LogP contribution in [0.3, 0.4) is 0 Å². The van der Waals surface area contributed by atoms with Gasteiger partial charge in [-0.3, -0.25) is 19.4 Å². The summed E-state index contributed by atoms with van der Waals surface area (Å²) in [6.07, 6.45) is 1.82. The van der Waals surface area contributed by atoms with Gasteiger partial charge in [-0.05, 0) is 42.3 Å². The van der Waals surface area contributed by atoms with Gasteiger partial charge in [0.15, 0.2) is 11.6 Å². The summed E-state index contributed by atoms with van der Waals surface area (Å²) >= 11 is 1.04. The van der Waals surface area contributed by atoms with Crippen molar-refractivity contribution in [1.29, 1.82) is 0 Å². The van der Waals surface area contributed by atoms with Gasteiger partial charge in [-0.1, -0.05) is 30.8 Å². The fourth-order valence-electron chi connectivity index (χ4n) is 5.55. The van der Waals surface area contributed by atoms with Gasteiger partial charge < -0.3 is 15.7 Å². The van der Waals surface area contributed by atoms with Crippen molar-refractivity contribution < 1.29 is 28.3 Å². The average Bonchev–Trinajstić information content (AvgIpc) is 3.35. The Hall–Kier alpha value is -4.68. The third-order valence-electron chi connectivity index (χ3n) is 7.27. The zero-order valence-electron chi connectivity index (χ0n) is 21.5. The standard InChI is InChI=1S/C29H23F2N5O4S/c1-2-22(38)34-13-17(12-18(37)14-34)36-25-23-21(9-10-33-28(23)41-26(25)27(32)39)35(29(36)40)16-6-3-5-15(11-16)19-7-4-8-20(30)24(19)31/h2-11,17-18,37H,1,12-14H2,(H2,32,39)/t17-,18+/m1/s1. The molecular formula is C29H23F2N5O4S. The van der Waals surface area contributed by atoms with E-state index in [9.17, 15) is 28.3 Å². The lowest BCUT2D eigenvalue weighted by molar-refractivity contribution is -0.129. The summed E-state index contributed by atoms with van der Waals surface area (Å²) in [4.78, 5) is 48.7. The number of pyridine rings is 1. The van der Waals surface area contributed by atoms with Gasteiger partial charge in [0, 0.05) is 24.8 Å². The van der Waals surface area contributed by atoms with E-state index < -0.39 is 41.6 Å². The highest BCUT2D eigenvalue weighted by atomic mass is 32.1. The van der Waals surface area contributed by atoms with E-state index in [1.165, 1.54) is 33.0 Å². The van der Waals surface area contributed by atoms with Gasteiger partial charge in [-0.25, -0.2) is 18.6 Å². The van der Waals surface area contributed by atoms with Crippen LogP contribution in [0.15, 0.2) is 67.4 Å². The van der Waals surface area contributed by atoms with Crippen LogP contribution in [-0.4, -0.2) is 58.1 Å². The first kappa shape index (κ1) is 26.5. The van der Waals surface area contributed by atoms with Crippen LogP contribution in [0.25, 0.3) is 21.3 Å². The fourth-order valence-corrected chi connectivity index (χ4v) is 6.56. The number of anilines is 3. The van der Waals surface area contributed by atoms with Crippen LogP contribution in [-0.2, 0) is 4.79 Å². The number of carbonyl (C=O) groups is 3. The van der Waals surface area contributed by atoms with Crippen LogP contribution in [0.1, 0.15) is 16.1 Å².